The Morgan fingerprint density at radius 1 is 0.277 bits per heavy atom. The number of hydrogen-bond donors (Lipinski definition) is 0. The van der Waals surface area contributed by atoms with E-state index in [-0.39, 0.29) is 12.1 Å². The molecule has 0 unspecified atom stereocenters. The molecule has 17 aromatic rings. The molecule has 94 heavy (non-hydrogen) atoms. The van der Waals surface area contributed by atoms with Gasteiger partial charge < -0.3 is 14.4 Å². The van der Waals surface area contributed by atoms with Gasteiger partial charge in [0.2, 0.25) is 0 Å². The highest BCUT2D eigenvalue weighted by atomic mass is 15.2. The maximum absolute atomic E-state index is 2.71. The van der Waals surface area contributed by atoms with Crippen LogP contribution in [0.15, 0.2) is 322 Å². The summed E-state index contributed by atoms with van der Waals surface area (Å²) in [4.78, 5) is 5.39. The third-order valence-corrected chi connectivity index (χ3v) is 20.4. The highest BCUT2D eigenvalue weighted by molar-refractivity contribution is 7.00. The molecule has 0 saturated carbocycles. The molecule has 3 nitrogen and oxygen atoms in total. The number of benzene rings is 16. The van der Waals surface area contributed by atoms with Crippen LogP contribution in [0.2, 0.25) is 0 Å². The molecule has 2 aliphatic heterocycles. The Hall–Kier alpha value is -11.7. The van der Waals surface area contributed by atoms with Gasteiger partial charge in [-0.05, 0) is 159 Å². The molecule has 0 N–H and O–H groups in total. The summed E-state index contributed by atoms with van der Waals surface area (Å²) in [5.74, 6) is 0. The molecular weight excluding hydrogens is 1130 g/mol. The summed E-state index contributed by atoms with van der Waals surface area (Å²) in [6.45, 7) is 6.95. The van der Waals surface area contributed by atoms with Crippen molar-refractivity contribution in [2.45, 2.75) is 26.2 Å². The van der Waals surface area contributed by atoms with Gasteiger partial charge in [-0.1, -0.05) is 288 Å². The summed E-state index contributed by atoms with van der Waals surface area (Å²) in [5, 5.41) is 10.4. The van der Waals surface area contributed by atoms with Gasteiger partial charge >= 0.3 is 0 Å². The number of hydrogen-bond acceptors (Lipinski definition) is 2. The minimum absolute atomic E-state index is 0.208. The summed E-state index contributed by atoms with van der Waals surface area (Å²) in [7, 11) is 0. The normalized spacial score (nSPS) is 12.8. The van der Waals surface area contributed by atoms with Gasteiger partial charge in [0.05, 0.1) is 22.4 Å². The first kappa shape index (κ1) is 54.1. The summed E-state index contributed by atoms with van der Waals surface area (Å²) in [5.41, 5.74) is 29.0. The van der Waals surface area contributed by atoms with Crippen LogP contribution in [0.25, 0.3) is 127 Å². The number of aromatic nitrogens is 1. The van der Waals surface area contributed by atoms with E-state index in [1.54, 1.807) is 0 Å². The second kappa shape index (κ2) is 20.9. The lowest BCUT2D eigenvalue weighted by molar-refractivity contribution is 0.590. The fourth-order valence-electron chi connectivity index (χ4n) is 16.2. The predicted molar refractivity (Wildman–Crippen MR) is 401 cm³/mol. The van der Waals surface area contributed by atoms with Crippen LogP contribution in [0, 0.1) is 0 Å². The van der Waals surface area contributed by atoms with Gasteiger partial charge in [-0.3, -0.25) is 0 Å². The van der Waals surface area contributed by atoms with Gasteiger partial charge in [0.15, 0.2) is 0 Å². The summed E-state index contributed by atoms with van der Waals surface area (Å²) in [6.07, 6.45) is 0. The molecule has 440 valence electrons. The largest absolute Gasteiger partial charge is 0.310 e. The number of fused-ring (bicyclic) bond motifs is 5. The van der Waals surface area contributed by atoms with Gasteiger partial charge in [0.1, 0.15) is 0 Å². The van der Waals surface area contributed by atoms with Crippen molar-refractivity contribution in [3.63, 3.8) is 0 Å². The van der Waals surface area contributed by atoms with Crippen molar-refractivity contribution >= 4 is 111 Å². The predicted octanol–water partition coefficient (Wildman–Crippen LogP) is 22.5. The molecule has 19 rings (SSSR count). The van der Waals surface area contributed by atoms with Crippen molar-refractivity contribution in [1.29, 1.82) is 0 Å². The average Bonchev–Trinajstić information content (AvgIpc) is 1.62. The topological polar surface area (TPSA) is 11.4 Å². The van der Waals surface area contributed by atoms with Gasteiger partial charge in [-0.2, -0.15) is 0 Å². The zero-order chi connectivity index (χ0) is 62.3. The Morgan fingerprint density at radius 3 is 1.20 bits per heavy atom. The van der Waals surface area contributed by atoms with Crippen molar-refractivity contribution in [2.24, 2.45) is 0 Å². The van der Waals surface area contributed by atoms with Gasteiger partial charge in [0, 0.05) is 61.5 Å². The fourth-order valence-corrected chi connectivity index (χ4v) is 16.2. The number of rotatable bonds is 9. The van der Waals surface area contributed by atoms with Crippen LogP contribution in [0.4, 0.5) is 34.1 Å². The Morgan fingerprint density at radius 2 is 0.713 bits per heavy atom. The van der Waals surface area contributed by atoms with Crippen molar-refractivity contribution in [3.8, 4) is 72.4 Å². The second-order valence-electron chi connectivity index (χ2n) is 26.7. The number of para-hydroxylation sites is 1. The average molecular weight is 1200 g/mol. The highest BCUT2D eigenvalue weighted by Crippen LogP contribution is 2.56. The molecule has 0 radical (unpaired) electrons. The Balaban J connectivity index is 0.980. The highest BCUT2D eigenvalue weighted by Gasteiger charge is 2.46. The molecule has 0 bridgehead atoms. The van der Waals surface area contributed by atoms with E-state index < -0.39 is 0 Å². The van der Waals surface area contributed by atoms with E-state index in [4.69, 9.17) is 0 Å². The van der Waals surface area contributed by atoms with Crippen LogP contribution in [0.3, 0.4) is 0 Å². The molecule has 1 aromatic heterocycles. The smallest absolute Gasteiger partial charge is 0.252 e. The molecule has 2 aliphatic rings. The Labute approximate surface area is 548 Å². The fraction of sp³-hybridized carbons (Fsp3) is 0.0444. The third kappa shape index (κ3) is 8.19. The third-order valence-electron chi connectivity index (χ3n) is 20.4. The summed E-state index contributed by atoms with van der Waals surface area (Å²) >= 11 is 0. The lowest BCUT2D eigenvalue weighted by Gasteiger charge is -2.46. The molecular formula is C90H62BN3. The van der Waals surface area contributed by atoms with Gasteiger partial charge in [-0.25, -0.2) is 0 Å². The zero-order valence-electron chi connectivity index (χ0n) is 52.5. The maximum atomic E-state index is 2.71. The van der Waals surface area contributed by atoms with E-state index in [0.717, 1.165) is 84.2 Å². The maximum Gasteiger partial charge on any atom is 0.252 e. The zero-order valence-corrected chi connectivity index (χ0v) is 52.5. The van der Waals surface area contributed by atoms with E-state index in [1.165, 1.54) is 98.5 Å². The minimum atomic E-state index is -0.292. The molecule has 0 fully saturated rings. The molecule has 3 heterocycles. The van der Waals surface area contributed by atoms with Crippen LogP contribution in [-0.2, 0) is 5.41 Å². The number of nitrogens with zero attached hydrogens (tertiary/aromatic N) is 3. The SMILES string of the molecule is CC(C)(C)c1cc2c3c(c1)N(c1c(-c4ccccc4)cccc1-c1ccccc1)c1cc(-n4c5ccc6cccc7c8cccc9ccc4c(c98)c5c67)ccc1B3c1cc(-c3ccccc3)ccc1N2c1c(-c2ccccc2)cc(-c2ccccc2)cc1-c1ccccc1. The Bertz CT molecular complexity index is 5600. The van der Waals surface area contributed by atoms with Gasteiger partial charge in [0.25, 0.3) is 6.71 Å². The van der Waals surface area contributed by atoms with Crippen LogP contribution in [-0.4, -0.2) is 11.3 Å². The van der Waals surface area contributed by atoms with E-state index >= 15 is 0 Å². The van der Waals surface area contributed by atoms with Gasteiger partial charge in [-0.15, -0.1) is 0 Å². The Kier molecular flexibility index (Phi) is 12.0. The molecule has 0 spiro atoms. The summed E-state index contributed by atoms with van der Waals surface area (Å²) < 4.78 is 2.58. The minimum Gasteiger partial charge on any atom is -0.310 e. The molecule has 0 saturated heterocycles. The quantitative estimate of drug-likeness (QED) is 0.0811. The first-order chi connectivity index (χ1) is 46.3. The van der Waals surface area contributed by atoms with E-state index in [0.29, 0.717) is 0 Å². The van der Waals surface area contributed by atoms with Crippen LogP contribution >= 0.6 is 0 Å². The van der Waals surface area contributed by atoms with Crippen LogP contribution < -0.4 is 26.2 Å². The standard InChI is InChI=1S/C90H62BN3/c1-90(2,3)67-54-81-87-82(55-67)94(88-69(59-29-14-6-15-30-59)39-24-40-70(88)60-31-16-7-17-32-60)80-56-68(92-78-49-43-63-37-22-41-71-72-42-23-38-64-44-50-79(92)86(84(64)72)85(78)83(63)71)46-47-75(80)91(87)76-53-65(57-25-10-4-11-26-57)45-48-77(76)93(81)89-73(61-33-18-8-19-34-61)51-66(58-27-12-5-13-28-58)52-74(89)62-35-20-9-21-36-62/h4-56H,1-3H3. The first-order valence-corrected chi connectivity index (χ1v) is 32.9. The lowest BCUT2D eigenvalue weighted by atomic mass is 9.33. The monoisotopic (exact) mass is 1200 g/mol. The van der Waals surface area contributed by atoms with Crippen molar-refractivity contribution in [3.05, 3.63) is 327 Å². The van der Waals surface area contributed by atoms with Crippen LogP contribution in [0.5, 0.6) is 0 Å². The summed E-state index contributed by atoms with van der Waals surface area (Å²) in [6, 6.07) is 121. The molecule has 16 aromatic carbocycles. The molecule has 0 aliphatic carbocycles. The lowest BCUT2D eigenvalue weighted by Crippen LogP contribution is -2.61. The van der Waals surface area contributed by atoms with E-state index in [1.807, 2.05) is 0 Å². The van der Waals surface area contributed by atoms with Crippen molar-refractivity contribution < 1.29 is 0 Å². The second-order valence-corrected chi connectivity index (χ2v) is 26.7. The van der Waals surface area contributed by atoms with Crippen LogP contribution in [0.1, 0.15) is 26.3 Å². The number of anilines is 6. The first-order valence-electron chi connectivity index (χ1n) is 32.9. The molecule has 0 amide bonds. The van der Waals surface area contributed by atoms with Crippen molar-refractivity contribution in [1.82, 2.24) is 4.57 Å². The van der Waals surface area contributed by atoms with E-state index in [2.05, 4.69) is 357 Å². The van der Waals surface area contributed by atoms with E-state index in [9.17, 15) is 0 Å². The molecule has 0 atom stereocenters. The van der Waals surface area contributed by atoms with Crippen molar-refractivity contribution in [2.75, 3.05) is 9.80 Å². The molecule has 4 heteroatoms.